The van der Waals surface area contributed by atoms with Gasteiger partial charge in [-0.3, -0.25) is 4.79 Å². The van der Waals surface area contributed by atoms with E-state index in [4.69, 9.17) is 9.84 Å². The van der Waals surface area contributed by atoms with E-state index in [1.54, 1.807) is 7.11 Å². The van der Waals surface area contributed by atoms with Crippen molar-refractivity contribution in [3.05, 3.63) is 0 Å². The van der Waals surface area contributed by atoms with Crippen LogP contribution in [0, 0.1) is 0 Å². The first kappa shape index (κ1) is 13.4. The smallest absolute Gasteiger partial charge is 0.320 e. The van der Waals surface area contributed by atoms with Gasteiger partial charge in [-0.25, -0.2) is 0 Å². The number of carbonyl (C=O) groups is 1. The fraction of sp³-hybridized carbons (Fsp3) is 0.900. The van der Waals surface area contributed by atoms with Gasteiger partial charge < -0.3 is 15.2 Å². The Morgan fingerprint density at radius 1 is 1.50 bits per heavy atom. The highest BCUT2D eigenvalue weighted by molar-refractivity contribution is 5.73. The molecule has 0 spiro atoms. The van der Waals surface area contributed by atoms with Crippen LogP contribution < -0.4 is 5.32 Å². The molecule has 2 N–H and O–H groups in total. The van der Waals surface area contributed by atoms with Crippen molar-refractivity contribution in [2.75, 3.05) is 7.11 Å². The summed E-state index contributed by atoms with van der Waals surface area (Å²) in [5, 5.41) is 12.0. The molecule has 0 saturated heterocycles. The zero-order valence-electron chi connectivity index (χ0n) is 9.63. The molecule has 1 atom stereocenters. The second kappa shape index (κ2) is 5.32. The summed E-state index contributed by atoms with van der Waals surface area (Å²) in [6.45, 7) is 7.61. The van der Waals surface area contributed by atoms with Gasteiger partial charge in [-0.1, -0.05) is 13.8 Å². The maximum atomic E-state index is 10.9. The minimum atomic E-state index is -0.830. The van der Waals surface area contributed by atoms with Gasteiger partial charge in [0.2, 0.25) is 0 Å². The number of ether oxygens (including phenoxy) is 1. The molecule has 84 valence electrons. The molecule has 4 heteroatoms. The van der Waals surface area contributed by atoms with Gasteiger partial charge in [0.25, 0.3) is 0 Å². The number of rotatable bonds is 6. The molecule has 0 amide bonds. The standard InChI is InChI=1S/C10H21NO3/c1-7(2)11-8(9(12)13)6-10(3,4)14-5/h7-8,11H,6H2,1-5H3,(H,12,13). The third-order valence-electron chi connectivity index (χ3n) is 2.08. The number of methoxy groups -OCH3 is 1. The van der Waals surface area contributed by atoms with Crippen molar-refractivity contribution < 1.29 is 14.6 Å². The quantitative estimate of drug-likeness (QED) is 0.682. The highest BCUT2D eigenvalue weighted by Crippen LogP contribution is 2.16. The molecule has 0 fully saturated rings. The summed E-state index contributed by atoms with van der Waals surface area (Å²) in [5.74, 6) is -0.830. The highest BCUT2D eigenvalue weighted by Gasteiger charge is 2.27. The fourth-order valence-electron chi connectivity index (χ4n) is 1.19. The van der Waals surface area contributed by atoms with E-state index in [0.29, 0.717) is 6.42 Å². The lowest BCUT2D eigenvalue weighted by Gasteiger charge is -2.28. The molecule has 0 aliphatic rings. The Kier molecular flexibility index (Phi) is 5.08. The molecule has 4 nitrogen and oxygen atoms in total. The SMILES string of the molecule is COC(C)(C)CC(NC(C)C)C(=O)O. The van der Waals surface area contributed by atoms with Crippen LogP contribution in [0.3, 0.4) is 0 Å². The van der Waals surface area contributed by atoms with E-state index in [-0.39, 0.29) is 6.04 Å². The third kappa shape index (κ3) is 5.19. The third-order valence-corrected chi connectivity index (χ3v) is 2.08. The molecule has 0 aromatic heterocycles. The van der Waals surface area contributed by atoms with Gasteiger partial charge in [0.1, 0.15) is 6.04 Å². The molecule has 0 saturated carbocycles. The van der Waals surface area contributed by atoms with E-state index >= 15 is 0 Å². The van der Waals surface area contributed by atoms with Gasteiger partial charge in [0.05, 0.1) is 5.60 Å². The van der Waals surface area contributed by atoms with Crippen LogP contribution in [0.15, 0.2) is 0 Å². The molecule has 0 aliphatic heterocycles. The second-order valence-corrected chi connectivity index (χ2v) is 4.38. The number of hydrogen-bond acceptors (Lipinski definition) is 3. The van der Waals surface area contributed by atoms with Crippen LogP contribution in [0.4, 0.5) is 0 Å². The van der Waals surface area contributed by atoms with Crippen molar-refractivity contribution in [3.63, 3.8) is 0 Å². The number of carboxylic acids is 1. The van der Waals surface area contributed by atoms with E-state index in [0.717, 1.165) is 0 Å². The van der Waals surface area contributed by atoms with Crippen molar-refractivity contribution in [2.45, 2.75) is 51.8 Å². The van der Waals surface area contributed by atoms with E-state index < -0.39 is 17.6 Å². The zero-order chi connectivity index (χ0) is 11.4. The Bertz CT molecular complexity index is 190. The van der Waals surface area contributed by atoms with Crippen LogP contribution in [0.1, 0.15) is 34.1 Å². The van der Waals surface area contributed by atoms with Crippen molar-refractivity contribution in [1.29, 1.82) is 0 Å². The lowest BCUT2D eigenvalue weighted by Crippen LogP contribution is -2.45. The van der Waals surface area contributed by atoms with Gasteiger partial charge in [0.15, 0.2) is 0 Å². The summed E-state index contributed by atoms with van der Waals surface area (Å²) >= 11 is 0. The molecule has 0 bridgehead atoms. The van der Waals surface area contributed by atoms with E-state index in [1.807, 2.05) is 27.7 Å². The first-order chi connectivity index (χ1) is 6.28. The summed E-state index contributed by atoms with van der Waals surface area (Å²) in [7, 11) is 1.59. The molecule has 0 aromatic rings. The number of nitrogens with one attached hydrogen (secondary N) is 1. The summed E-state index contributed by atoms with van der Waals surface area (Å²) in [5.41, 5.74) is -0.412. The van der Waals surface area contributed by atoms with Crippen LogP contribution in [-0.2, 0) is 9.53 Å². The van der Waals surface area contributed by atoms with Gasteiger partial charge in [-0.2, -0.15) is 0 Å². The Hall–Kier alpha value is -0.610. The van der Waals surface area contributed by atoms with Gasteiger partial charge in [-0.15, -0.1) is 0 Å². The maximum absolute atomic E-state index is 10.9. The average molecular weight is 203 g/mol. The van der Waals surface area contributed by atoms with Crippen LogP contribution >= 0.6 is 0 Å². The molecule has 0 rings (SSSR count). The molecular formula is C10H21NO3. The van der Waals surface area contributed by atoms with Gasteiger partial charge in [-0.05, 0) is 13.8 Å². The second-order valence-electron chi connectivity index (χ2n) is 4.38. The first-order valence-corrected chi connectivity index (χ1v) is 4.82. The molecule has 0 aromatic carbocycles. The molecule has 1 unspecified atom stereocenters. The number of hydrogen-bond donors (Lipinski definition) is 2. The van der Waals surface area contributed by atoms with Gasteiger partial charge >= 0.3 is 5.97 Å². The fourth-order valence-corrected chi connectivity index (χ4v) is 1.19. The predicted octanol–water partition coefficient (Wildman–Crippen LogP) is 1.25. The van der Waals surface area contributed by atoms with Crippen molar-refractivity contribution in [1.82, 2.24) is 5.32 Å². The summed E-state index contributed by atoms with van der Waals surface area (Å²) in [6.07, 6.45) is 0.455. The van der Waals surface area contributed by atoms with E-state index in [1.165, 1.54) is 0 Å². The van der Waals surface area contributed by atoms with Crippen LogP contribution in [-0.4, -0.2) is 35.9 Å². The zero-order valence-corrected chi connectivity index (χ0v) is 9.63. The van der Waals surface area contributed by atoms with Crippen molar-refractivity contribution in [2.24, 2.45) is 0 Å². The first-order valence-electron chi connectivity index (χ1n) is 4.82. The summed E-state index contributed by atoms with van der Waals surface area (Å²) < 4.78 is 5.20. The molecule has 14 heavy (non-hydrogen) atoms. The Morgan fingerprint density at radius 2 is 2.00 bits per heavy atom. The minimum Gasteiger partial charge on any atom is -0.480 e. The lowest BCUT2D eigenvalue weighted by atomic mass is 9.98. The maximum Gasteiger partial charge on any atom is 0.320 e. The molecular weight excluding hydrogens is 182 g/mol. The number of carboxylic acid groups (broad SMARTS) is 1. The average Bonchev–Trinajstić information content (AvgIpc) is 2.02. The normalized spacial score (nSPS) is 14.4. The Balaban J connectivity index is 4.30. The molecule has 0 heterocycles. The van der Waals surface area contributed by atoms with E-state index in [2.05, 4.69) is 5.32 Å². The Labute approximate surface area is 85.6 Å². The Morgan fingerprint density at radius 3 is 2.29 bits per heavy atom. The summed E-state index contributed by atoms with van der Waals surface area (Å²) in [4.78, 5) is 10.9. The summed E-state index contributed by atoms with van der Waals surface area (Å²) in [6, 6.07) is -0.395. The number of aliphatic carboxylic acids is 1. The molecule has 0 aliphatic carbocycles. The largest absolute Gasteiger partial charge is 0.480 e. The molecule has 0 radical (unpaired) electrons. The van der Waals surface area contributed by atoms with Crippen LogP contribution in [0.25, 0.3) is 0 Å². The van der Waals surface area contributed by atoms with Crippen LogP contribution in [0.5, 0.6) is 0 Å². The monoisotopic (exact) mass is 203 g/mol. The highest BCUT2D eigenvalue weighted by atomic mass is 16.5. The predicted molar refractivity (Wildman–Crippen MR) is 55.4 cm³/mol. The van der Waals surface area contributed by atoms with Gasteiger partial charge in [0, 0.05) is 19.6 Å². The van der Waals surface area contributed by atoms with Crippen molar-refractivity contribution in [3.8, 4) is 0 Å². The lowest BCUT2D eigenvalue weighted by molar-refractivity contribution is -0.141. The van der Waals surface area contributed by atoms with Crippen molar-refractivity contribution >= 4 is 5.97 Å². The van der Waals surface area contributed by atoms with Crippen LogP contribution in [0.2, 0.25) is 0 Å². The minimum absolute atomic E-state index is 0.156. The topological polar surface area (TPSA) is 58.6 Å². The van der Waals surface area contributed by atoms with E-state index in [9.17, 15) is 4.79 Å².